The van der Waals surface area contributed by atoms with E-state index in [0.717, 1.165) is 33.9 Å². The smallest absolute Gasteiger partial charge is 0.271 e. The monoisotopic (exact) mass is 431 g/mol. The molecule has 5 nitrogen and oxygen atoms in total. The summed E-state index contributed by atoms with van der Waals surface area (Å²) in [5.74, 6) is -2.13. The van der Waals surface area contributed by atoms with E-state index in [4.69, 9.17) is 11.6 Å². The molecule has 0 spiro atoms. The Morgan fingerprint density at radius 2 is 1.93 bits per heavy atom. The van der Waals surface area contributed by atoms with E-state index in [2.05, 4.69) is 10.3 Å². The van der Waals surface area contributed by atoms with Crippen LogP contribution in [0.15, 0.2) is 59.0 Å². The van der Waals surface area contributed by atoms with Crippen molar-refractivity contribution in [3.63, 3.8) is 0 Å². The molecule has 4 rings (SSSR count). The molecule has 9 heteroatoms. The number of nitrogens with one attached hydrogen (secondary N) is 1. The van der Waals surface area contributed by atoms with Gasteiger partial charge in [0.2, 0.25) is 5.91 Å². The van der Waals surface area contributed by atoms with Gasteiger partial charge < -0.3 is 5.32 Å². The molecule has 4 aromatic rings. The van der Waals surface area contributed by atoms with Crippen molar-refractivity contribution in [2.45, 2.75) is 6.54 Å². The van der Waals surface area contributed by atoms with Crippen LogP contribution < -0.4 is 10.9 Å². The largest absolute Gasteiger partial charge is 0.322 e. The van der Waals surface area contributed by atoms with Gasteiger partial charge in [-0.05, 0) is 29.8 Å². The van der Waals surface area contributed by atoms with Gasteiger partial charge in [-0.3, -0.25) is 14.2 Å². The first-order valence-corrected chi connectivity index (χ1v) is 9.65. The molecule has 1 amide bonds. The maximum Gasteiger partial charge on any atom is 0.271 e. The number of fused-ring (bicyclic) bond motifs is 1. The Kier molecular flexibility index (Phi) is 5.12. The van der Waals surface area contributed by atoms with Gasteiger partial charge in [0.25, 0.3) is 5.56 Å². The molecule has 0 aliphatic rings. The molecule has 0 aliphatic heterocycles. The normalized spacial score (nSPS) is 11.0. The lowest BCUT2D eigenvalue weighted by molar-refractivity contribution is -0.116. The van der Waals surface area contributed by atoms with Crippen molar-refractivity contribution in [3.05, 3.63) is 81.2 Å². The molecule has 0 atom stereocenters. The number of amides is 1. The maximum absolute atomic E-state index is 13.7. The third-order valence-corrected chi connectivity index (χ3v) is 5.43. The van der Waals surface area contributed by atoms with Crippen LogP contribution in [0.5, 0.6) is 0 Å². The molecule has 0 saturated heterocycles. The minimum Gasteiger partial charge on any atom is -0.322 e. The Balaban J connectivity index is 1.61. The predicted octanol–water partition coefficient (Wildman–Crippen LogP) is 4.70. The number of carbonyl (C=O) groups excluding carboxylic acids is 1. The molecule has 0 aliphatic carbocycles. The Hall–Kier alpha value is -3.10. The zero-order valence-corrected chi connectivity index (χ0v) is 16.2. The van der Waals surface area contributed by atoms with Gasteiger partial charge in [-0.1, -0.05) is 23.7 Å². The van der Waals surface area contributed by atoms with Crippen molar-refractivity contribution in [3.8, 4) is 11.1 Å². The summed E-state index contributed by atoms with van der Waals surface area (Å²) in [7, 11) is 0. The molecule has 29 heavy (non-hydrogen) atoms. The molecule has 2 aromatic heterocycles. The number of anilines is 1. The number of hydrogen-bond donors (Lipinski definition) is 1. The summed E-state index contributed by atoms with van der Waals surface area (Å²) in [4.78, 5) is 29.2. The first kappa shape index (κ1) is 19.2. The maximum atomic E-state index is 13.7. The van der Waals surface area contributed by atoms with Crippen LogP contribution >= 0.6 is 22.9 Å². The zero-order valence-electron chi connectivity index (χ0n) is 14.7. The molecular weight excluding hydrogens is 420 g/mol. The molecule has 2 aromatic carbocycles. The fourth-order valence-corrected chi connectivity index (χ4v) is 3.93. The third kappa shape index (κ3) is 3.90. The van der Waals surface area contributed by atoms with Gasteiger partial charge in [-0.25, -0.2) is 13.8 Å². The predicted molar refractivity (Wildman–Crippen MR) is 109 cm³/mol. The van der Waals surface area contributed by atoms with Gasteiger partial charge in [-0.2, -0.15) is 0 Å². The molecular formula is C20H12ClF2N3O2S. The molecule has 0 bridgehead atoms. The minimum absolute atomic E-state index is 0.293. The fourth-order valence-electron chi connectivity index (χ4n) is 2.83. The van der Waals surface area contributed by atoms with Crippen LogP contribution in [-0.4, -0.2) is 15.5 Å². The molecule has 0 radical (unpaired) electrons. The van der Waals surface area contributed by atoms with E-state index < -0.39 is 23.1 Å². The lowest BCUT2D eigenvalue weighted by Gasteiger charge is -2.08. The highest BCUT2D eigenvalue weighted by atomic mass is 35.5. The van der Waals surface area contributed by atoms with Gasteiger partial charge >= 0.3 is 0 Å². The van der Waals surface area contributed by atoms with Crippen molar-refractivity contribution in [1.29, 1.82) is 0 Å². The number of thiophene rings is 1. The standard InChI is InChI=1S/C20H12ClF2N3O2S/c21-12-3-1-11(2-4-12)14-9-29-19-18(14)24-10-26(20(19)28)8-17(27)25-16-7-13(22)5-6-15(16)23/h1-7,9-10H,8H2,(H,25,27). The molecule has 146 valence electrons. The highest BCUT2D eigenvalue weighted by molar-refractivity contribution is 7.17. The van der Waals surface area contributed by atoms with E-state index in [-0.39, 0.29) is 12.2 Å². The minimum atomic E-state index is -0.772. The van der Waals surface area contributed by atoms with E-state index in [0.29, 0.717) is 15.2 Å². The van der Waals surface area contributed by atoms with Crippen LogP contribution in [0.2, 0.25) is 5.02 Å². The average molecular weight is 432 g/mol. The second kappa shape index (κ2) is 7.73. The van der Waals surface area contributed by atoms with Crippen molar-refractivity contribution in [1.82, 2.24) is 9.55 Å². The fraction of sp³-hybridized carbons (Fsp3) is 0.0500. The van der Waals surface area contributed by atoms with Crippen LogP contribution in [0, 0.1) is 11.6 Å². The summed E-state index contributed by atoms with van der Waals surface area (Å²) in [5, 5.41) is 4.68. The van der Waals surface area contributed by atoms with Crippen LogP contribution in [-0.2, 0) is 11.3 Å². The van der Waals surface area contributed by atoms with Crippen LogP contribution in [0.1, 0.15) is 0 Å². The van der Waals surface area contributed by atoms with E-state index in [1.807, 2.05) is 17.5 Å². The van der Waals surface area contributed by atoms with E-state index >= 15 is 0 Å². The number of nitrogens with zero attached hydrogens (tertiary/aromatic N) is 2. The second-order valence-corrected chi connectivity index (χ2v) is 7.50. The van der Waals surface area contributed by atoms with E-state index in [1.165, 1.54) is 17.7 Å². The molecule has 0 unspecified atom stereocenters. The highest BCUT2D eigenvalue weighted by Crippen LogP contribution is 2.31. The number of aromatic nitrogens is 2. The molecule has 1 N–H and O–H groups in total. The van der Waals surface area contributed by atoms with Crippen molar-refractivity contribution in [2.24, 2.45) is 0 Å². The highest BCUT2D eigenvalue weighted by Gasteiger charge is 2.15. The second-order valence-electron chi connectivity index (χ2n) is 6.18. The van der Waals surface area contributed by atoms with Crippen molar-refractivity contribution >= 4 is 44.7 Å². The number of halogens is 3. The summed E-state index contributed by atoms with van der Waals surface area (Å²) < 4.78 is 28.4. The Labute approximate surface area is 172 Å². The third-order valence-electron chi connectivity index (χ3n) is 4.22. The summed E-state index contributed by atoms with van der Waals surface area (Å²) in [6.07, 6.45) is 1.26. The Morgan fingerprint density at radius 3 is 2.69 bits per heavy atom. The van der Waals surface area contributed by atoms with Gasteiger partial charge in [0.05, 0.1) is 17.5 Å². The Morgan fingerprint density at radius 1 is 1.17 bits per heavy atom. The average Bonchev–Trinajstić information content (AvgIpc) is 3.12. The van der Waals surface area contributed by atoms with E-state index in [9.17, 15) is 18.4 Å². The number of hydrogen-bond acceptors (Lipinski definition) is 4. The summed E-state index contributed by atoms with van der Waals surface area (Å²) >= 11 is 7.13. The Bertz CT molecular complexity index is 1290. The number of benzene rings is 2. The molecule has 2 heterocycles. The van der Waals surface area contributed by atoms with Crippen LogP contribution in [0.25, 0.3) is 21.3 Å². The topological polar surface area (TPSA) is 64.0 Å². The SMILES string of the molecule is O=C(Cn1cnc2c(-c3ccc(Cl)cc3)csc2c1=O)Nc1cc(F)ccc1F. The molecule has 0 fully saturated rings. The lowest BCUT2D eigenvalue weighted by Crippen LogP contribution is -2.27. The van der Waals surface area contributed by atoms with Gasteiger partial charge in [0, 0.05) is 22.0 Å². The van der Waals surface area contributed by atoms with E-state index in [1.54, 1.807) is 12.1 Å². The molecule has 0 saturated carbocycles. The summed E-state index contributed by atoms with van der Waals surface area (Å²) in [5.41, 5.74) is 1.49. The zero-order chi connectivity index (χ0) is 20.5. The van der Waals surface area contributed by atoms with Crippen LogP contribution in [0.3, 0.4) is 0 Å². The summed E-state index contributed by atoms with van der Waals surface area (Å²) in [6.45, 7) is -0.383. The van der Waals surface area contributed by atoms with Crippen LogP contribution in [0.4, 0.5) is 14.5 Å². The first-order valence-electron chi connectivity index (χ1n) is 8.40. The van der Waals surface area contributed by atoms with Crippen molar-refractivity contribution in [2.75, 3.05) is 5.32 Å². The van der Waals surface area contributed by atoms with Gasteiger partial charge in [-0.15, -0.1) is 11.3 Å². The lowest BCUT2D eigenvalue weighted by atomic mass is 10.1. The van der Waals surface area contributed by atoms with Gasteiger partial charge in [0.15, 0.2) is 0 Å². The first-order chi connectivity index (χ1) is 13.9. The van der Waals surface area contributed by atoms with Gasteiger partial charge in [0.1, 0.15) is 22.9 Å². The number of rotatable bonds is 4. The summed E-state index contributed by atoms with van der Waals surface area (Å²) in [6, 6.07) is 9.89. The number of carbonyl (C=O) groups is 1. The van der Waals surface area contributed by atoms with Crippen molar-refractivity contribution < 1.29 is 13.6 Å². The quantitative estimate of drug-likeness (QED) is 0.509.